The minimum atomic E-state index is -0.137. The van der Waals surface area contributed by atoms with Gasteiger partial charge in [0.05, 0.1) is 18.6 Å². The second-order valence-electron chi connectivity index (χ2n) is 5.11. The highest BCUT2D eigenvalue weighted by Crippen LogP contribution is 2.27. The summed E-state index contributed by atoms with van der Waals surface area (Å²) < 4.78 is 10.6. The van der Waals surface area contributed by atoms with Crippen LogP contribution in [0.5, 0.6) is 5.75 Å². The molecule has 1 aromatic heterocycles. The molecule has 0 fully saturated rings. The zero-order valence-electron chi connectivity index (χ0n) is 12.7. The number of methoxy groups -OCH3 is 1. The Morgan fingerprint density at radius 2 is 2.13 bits per heavy atom. The van der Waals surface area contributed by atoms with Crippen molar-refractivity contribution >= 4 is 34.3 Å². The Kier molecular flexibility index (Phi) is 4.21. The Balaban J connectivity index is 1.71. The fourth-order valence-electron chi connectivity index (χ4n) is 2.33. The van der Waals surface area contributed by atoms with Gasteiger partial charge in [-0.15, -0.1) is 0 Å². The van der Waals surface area contributed by atoms with E-state index in [4.69, 9.17) is 20.8 Å². The monoisotopic (exact) mass is 330 g/mol. The van der Waals surface area contributed by atoms with E-state index >= 15 is 0 Å². The molecule has 0 saturated heterocycles. The van der Waals surface area contributed by atoms with Crippen LogP contribution in [0, 0.1) is 6.92 Å². The molecule has 0 atom stereocenters. The number of carbonyl (C=O) groups excluding carboxylic acids is 1. The third kappa shape index (κ3) is 3.46. The van der Waals surface area contributed by atoms with Crippen molar-refractivity contribution in [3.05, 3.63) is 52.9 Å². The lowest BCUT2D eigenvalue weighted by Crippen LogP contribution is -2.14. The number of oxazole rings is 1. The lowest BCUT2D eigenvalue weighted by atomic mass is 10.1. The predicted octanol–water partition coefficient (Wildman–Crippen LogP) is 3.98. The first-order chi connectivity index (χ1) is 11.0. The Bertz CT molecular complexity index is 873. The minimum absolute atomic E-state index is 0.137. The van der Waals surface area contributed by atoms with E-state index in [1.165, 1.54) is 0 Å². The smallest absolute Gasteiger partial charge is 0.228 e. The van der Waals surface area contributed by atoms with Gasteiger partial charge in [-0.05, 0) is 35.9 Å². The minimum Gasteiger partial charge on any atom is -0.495 e. The molecule has 5 nitrogen and oxygen atoms in total. The van der Waals surface area contributed by atoms with Crippen molar-refractivity contribution in [2.75, 3.05) is 12.4 Å². The molecule has 0 spiro atoms. The molecule has 0 radical (unpaired) electrons. The molecule has 0 unspecified atom stereocenters. The second-order valence-corrected chi connectivity index (χ2v) is 5.52. The summed E-state index contributed by atoms with van der Waals surface area (Å²) in [6.45, 7) is 1.79. The van der Waals surface area contributed by atoms with E-state index < -0.39 is 0 Å². The van der Waals surface area contributed by atoms with Crippen LogP contribution >= 0.6 is 11.6 Å². The zero-order valence-corrected chi connectivity index (χ0v) is 13.5. The molecule has 1 N–H and O–H groups in total. The van der Waals surface area contributed by atoms with Crippen molar-refractivity contribution in [3.8, 4) is 5.75 Å². The standard InChI is InChI=1S/C17H15ClN2O3/c1-10-19-14-5-3-11(7-16(14)23-10)8-17(21)20-12-4-6-15(22-2)13(18)9-12/h3-7,9H,8H2,1-2H3,(H,20,21). The van der Waals surface area contributed by atoms with Crippen LogP contribution in [0.3, 0.4) is 0 Å². The Labute approximate surface area is 138 Å². The highest BCUT2D eigenvalue weighted by molar-refractivity contribution is 6.32. The number of nitrogens with one attached hydrogen (secondary N) is 1. The Morgan fingerprint density at radius 3 is 2.87 bits per heavy atom. The number of anilines is 1. The largest absolute Gasteiger partial charge is 0.495 e. The number of ether oxygens (including phenoxy) is 1. The molecule has 0 aliphatic carbocycles. The number of rotatable bonds is 4. The number of hydrogen-bond donors (Lipinski definition) is 1. The molecule has 1 heterocycles. The van der Waals surface area contributed by atoms with Crippen LogP contribution in [0.4, 0.5) is 5.69 Å². The SMILES string of the molecule is COc1ccc(NC(=O)Cc2ccc3nc(C)oc3c2)cc1Cl. The van der Waals surface area contributed by atoms with Gasteiger partial charge in [0, 0.05) is 12.6 Å². The number of nitrogens with zero attached hydrogens (tertiary/aromatic N) is 1. The predicted molar refractivity (Wildman–Crippen MR) is 89.1 cm³/mol. The van der Waals surface area contributed by atoms with Crippen molar-refractivity contribution < 1.29 is 13.9 Å². The van der Waals surface area contributed by atoms with Crippen molar-refractivity contribution in [1.82, 2.24) is 4.98 Å². The molecular weight excluding hydrogens is 316 g/mol. The van der Waals surface area contributed by atoms with Crippen LogP contribution in [0.15, 0.2) is 40.8 Å². The maximum Gasteiger partial charge on any atom is 0.228 e. The summed E-state index contributed by atoms with van der Waals surface area (Å²) in [7, 11) is 1.54. The summed E-state index contributed by atoms with van der Waals surface area (Å²) in [6.07, 6.45) is 0.235. The van der Waals surface area contributed by atoms with Gasteiger partial charge in [-0.2, -0.15) is 0 Å². The summed E-state index contributed by atoms with van der Waals surface area (Å²) >= 11 is 6.05. The van der Waals surface area contributed by atoms with E-state index in [9.17, 15) is 4.79 Å². The van der Waals surface area contributed by atoms with Gasteiger partial charge in [0.2, 0.25) is 5.91 Å². The molecule has 0 aliphatic rings. The number of hydrogen-bond acceptors (Lipinski definition) is 4. The van der Waals surface area contributed by atoms with Gasteiger partial charge in [0.1, 0.15) is 11.3 Å². The maximum absolute atomic E-state index is 12.2. The highest BCUT2D eigenvalue weighted by atomic mass is 35.5. The van der Waals surface area contributed by atoms with Crippen LogP contribution in [0.2, 0.25) is 5.02 Å². The lowest BCUT2D eigenvalue weighted by molar-refractivity contribution is -0.115. The quantitative estimate of drug-likeness (QED) is 0.786. The van der Waals surface area contributed by atoms with E-state index in [0.29, 0.717) is 27.9 Å². The number of amides is 1. The van der Waals surface area contributed by atoms with Crippen LogP contribution in [-0.4, -0.2) is 18.0 Å². The topological polar surface area (TPSA) is 64.4 Å². The van der Waals surface area contributed by atoms with E-state index in [1.54, 1.807) is 32.2 Å². The summed E-state index contributed by atoms with van der Waals surface area (Å²) in [5, 5.41) is 3.26. The third-order valence-corrected chi connectivity index (χ3v) is 3.66. The first-order valence-corrected chi connectivity index (χ1v) is 7.42. The summed E-state index contributed by atoms with van der Waals surface area (Å²) in [6, 6.07) is 10.6. The van der Waals surface area contributed by atoms with Crippen LogP contribution in [-0.2, 0) is 11.2 Å². The van der Waals surface area contributed by atoms with Crippen molar-refractivity contribution in [1.29, 1.82) is 0 Å². The van der Waals surface area contributed by atoms with Crippen molar-refractivity contribution in [2.45, 2.75) is 13.3 Å². The number of aryl methyl sites for hydroxylation is 1. The fourth-order valence-corrected chi connectivity index (χ4v) is 2.59. The molecule has 3 aromatic rings. The molecule has 6 heteroatoms. The molecule has 0 bridgehead atoms. The van der Waals surface area contributed by atoms with Gasteiger partial charge in [-0.1, -0.05) is 17.7 Å². The zero-order chi connectivity index (χ0) is 16.4. The van der Waals surface area contributed by atoms with Crippen molar-refractivity contribution in [2.24, 2.45) is 0 Å². The maximum atomic E-state index is 12.2. The molecule has 2 aromatic carbocycles. The number of halogens is 1. The third-order valence-electron chi connectivity index (χ3n) is 3.36. The van der Waals surface area contributed by atoms with Crippen LogP contribution in [0.1, 0.15) is 11.5 Å². The van der Waals surface area contributed by atoms with E-state index in [2.05, 4.69) is 10.3 Å². The molecule has 23 heavy (non-hydrogen) atoms. The van der Waals surface area contributed by atoms with Gasteiger partial charge >= 0.3 is 0 Å². The van der Waals surface area contributed by atoms with Gasteiger partial charge in [-0.25, -0.2) is 4.98 Å². The highest BCUT2D eigenvalue weighted by Gasteiger charge is 2.09. The average molecular weight is 331 g/mol. The van der Waals surface area contributed by atoms with Gasteiger partial charge in [-0.3, -0.25) is 4.79 Å². The molecule has 3 rings (SSSR count). The second kappa shape index (κ2) is 6.30. The number of carbonyl (C=O) groups is 1. The van der Waals surface area contributed by atoms with Gasteiger partial charge in [0.25, 0.3) is 0 Å². The van der Waals surface area contributed by atoms with E-state index in [0.717, 1.165) is 11.1 Å². The first-order valence-electron chi connectivity index (χ1n) is 7.04. The Hall–Kier alpha value is -2.53. The number of aromatic nitrogens is 1. The van der Waals surface area contributed by atoms with Gasteiger partial charge in [0.15, 0.2) is 11.5 Å². The summed E-state index contributed by atoms with van der Waals surface area (Å²) in [4.78, 5) is 16.4. The normalized spacial score (nSPS) is 10.7. The molecule has 118 valence electrons. The Morgan fingerprint density at radius 1 is 1.30 bits per heavy atom. The van der Waals surface area contributed by atoms with E-state index in [-0.39, 0.29) is 12.3 Å². The summed E-state index contributed by atoms with van der Waals surface area (Å²) in [5.74, 6) is 1.03. The molecule has 0 saturated carbocycles. The number of fused-ring (bicyclic) bond motifs is 1. The number of benzene rings is 2. The fraction of sp³-hybridized carbons (Fsp3) is 0.176. The lowest BCUT2D eigenvalue weighted by Gasteiger charge is -2.08. The molecule has 0 aliphatic heterocycles. The van der Waals surface area contributed by atoms with E-state index in [1.807, 2.05) is 18.2 Å². The average Bonchev–Trinajstić information content (AvgIpc) is 2.86. The molecular formula is C17H15ClN2O3. The van der Waals surface area contributed by atoms with Gasteiger partial charge < -0.3 is 14.5 Å². The molecule has 1 amide bonds. The van der Waals surface area contributed by atoms with Crippen molar-refractivity contribution in [3.63, 3.8) is 0 Å². The van der Waals surface area contributed by atoms with Crippen LogP contribution in [0.25, 0.3) is 11.1 Å². The summed E-state index contributed by atoms with van der Waals surface area (Å²) in [5.41, 5.74) is 2.94. The van der Waals surface area contributed by atoms with Crippen LogP contribution < -0.4 is 10.1 Å². The first kappa shape index (κ1) is 15.4.